The van der Waals surface area contributed by atoms with Crippen LogP contribution < -0.4 is 4.74 Å². The molecule has 3 nitrogen and oxygen atoms in total. The fraction of sp³-hybridized carbons (Fsp3) is 0.333. The predicted molar refractivity (Wildman–Crippen MR) is 88.5 cm³/mol. The monoisotopic (exact) mass is 287 g/mol. The van der Waals surface area contributed by atoms with Gasteiger partial charge in [-0.15, -0.1) is 13.2 Å². The molecule has 1 aromatic carbocycles. The Balaban J connectivity index is 2.60. The molecule has 1 N–H and O–H groups in total. The highest BCUT2D eigenvalue weighted by molar-refractivity contribution is 5.29. The van der Waals surface area contributed by atoms with Crippen LogP contribution in [0.2, 0.25) is 0 Å². The van der Waals surface area contributed by atoms with E-state index in [0.717, 1.165) is 30.0 Å². The van der Waals surface area contributed by atoms with E-state index in [1.165, 1.54) is 0 Å². The van der Waals surface area contributed by atoms with Crippen molar-refractivity contribution in [3.63, 3.8) is 0 Å². The van der Waals surface area contributed by atoms with Gasteiger partial charge < -0.3 is 9.84 Å². The Labute approximate surface area is 127 Å². The summed E-state index contributed by atoms with van der Waals surface area (Å²) in [5.41, 5.74) is 1.85. The Morgan fingerprint density at radius 2 is 1.81 bits per heavy atom. The Morgan fingerprint density at radius 3 is 2.29 bits per heavy atom. The van der Waals surface area contributed by atoms with Crippen LogP contribution in [0.5, 0.6) is 5.75 Å². The van der Waals surface area contributed by atoms with Crippen LogP contribution in [0.3, 0.4) is 0 Å². The van der Waals surface area contributed by atoms with Gasteiger partial charge in [-0.05, 0) is 30.2 Å². The largest absolute Gasteiger partial charge is 0.489 e. The normalized spacial score (nSPS) is 12.0. The van der Waals surface area contributed by atoms with Crippen LogP contribution in [0.1, 0.15) is 18.6 Å². The van der Waals surface area contributed by atoms with E-state index in [0.29, 0.717) is 13.2 Å². The third kappa shape index (κ3) is 6.43. The molecule has 0 heterocycles. The molecule has 0 amide bonds. The molecular formula is C18H25NO2. The number of aliphatic hydroxyl groups excluding tert-OH is 1. The highest BCUT2D eigenvalue weighted by Crippen LogP contribution is 2.19. The van der Waals surface area contributed by atoms with Gasteiger partial charge in [-0.2, -0.15) is 0 Å². The molecule has 0 aromatic heterocycles. The first kappa shape index (κ1) is 17.2. The van der Waals surface area contributed by atoms with Gasteiger partial charge in [-0.1, -0.05) is 30.9 Å². The smallest absolute Gasteiger partial charge is 0.119 e. The van der Waals surface area contributed by atoms with Gasteiger partial charge in [0.25, 0.3) is 0 Å². The summed E-state index contributed by atoms with van der Waals surface area (Å²) in [6.45, 7) is 15.7. The van der Waals surface area contributed by atoms with E-state index in [4.69, 9.17) is 4.74 Å². The first-order chi connectivity index (χ1) is 10.1. The van der Waals surface area contributed by atoms with Gasteiger partial charge in [0.15, 0.2) is 0 Å². The number of ether oxygens (including phenoxy) is 1. The molecule has 1 atom stereocenters. The number of hydrogen-bond donors (Lipinski definition) is 1. The van der Waals surface area contributed by atoms with Crippen molar-refractivity contribution in [2.75, 3.05) is 26.2 Å². The maximum absolute atomic E-state index is 10.3. The average molecular weight is 287 g/mol. The zero-order chi connectivity index (χ0) is 15.7. The van der Waals surface area contributed by atoms with Crippen molar-refractivity contribution < 1.29 is 9.84 Å². The third-order valence-corrected chi connectivity index (χ3v) is 2.96. The van der Waals surface area contributed by atoms with E-state index in [-0.39, 0.29) is 0 Å². The molecule has 0 saturated carbocycles. The Kier molecular flexibility index (Phi) is 7.51. The van der Waals surface area contributed by atoms with Crippen molar-refractivity contribution in [3.05, 3.63) is 67.3 Å². The minimum atomic E-state index is -0.542. The second kappa shape index (κ2) is 9.16. The number of rotatable bonds is 10. The van der Waals surface area contributed by atoms with Crippen LogP contribution in [0.15, 0.2) is 61.7 Å². The number of benzene rings is 1. The quantitative estimate of drug-likeness (QED) is 0.670. The molecule has 1 unspecified atom stereocenters. The molecule has 0 radical (unpaired) electrons. The Morgan fingerprint density at radius 1 is 1.24 bits per heavy atom. The second-order valence-corrected chi connectivity index (χ2v) is 5.13. The highest BCUT2D eigenvalue weighted by atomic mass is 16.5. The van der Waals surface area contributed by atoms with Gasteiger partial charge >= 0.3 is 0 Å². The lowest BCUT2D eigenvalue weighted by Crippen LogP contribution is -2.29. The van der Waals surface area contributed by atoms with Gasteiger partial charge in [0.05, 0.1) is 6.10 Å². The lowest BCUT2D eigenvalue weighted by molar-refractivity contribution is 0.125. The Hall–Kier alpha value is -1.84. The summed E-state index contributed by atoms with van der Waals surface area (Å²) in [5.74, 6) is 0.781. The van der Waals surface area contributed by atoms with Crippen LogP contribution in [0.25, 0.3) is 0 Å². The minimum Gasteiger partial charge on any atom is -0.489 e. The molecule has 3 heteroatoms. The summed E-state index contributed by atoms with van der Waals surface area (Å²) in [6.07, 6.45) is 3.11. The number of aliphatic hydroxyl groups is 1. The summed E-state index contributed by atoms with van der Waals surface area (Å²) in [4.78, 5) is 2.08. The fourth-order valence-electron chi connectivity index (χ4n) is 1.93. The van der Waals surface area contributed by atoms with Crippen LogP contribution in [-0.2, 0) is 0 Å². The second-order valence-electron chi connectivity index (χ2n) is 5.13. The first-order valence-electron chi connectivity index (χ1n) is 7.06. The van der Waals surface area contributed by atoms with E-state index in [2.05, 4.69) is 24.6 Å². The third-order valence-electron chi connectivity index (χ3n) is 2.96. The minimum absolute atomic E-state index is 0.508. The first-order valence-corrected chi connectivity index (χ1v) is 7.06. The fourth-order valence-corrected chi connectivity index (χ4v) is 1.93. The number of nitrogens with zero attached hydrogens (tertiary/aromatic N) is 1. The molecule has 1 rings (SSSR count). The molecular weight excluding hydrogens is 262 g/mol. The molecule has 0 bridgehead atoms. The standard InChI is InChI=1S/C18H25NO2/c1-5-11-19(12-6-2)13-18(20)16-7-9-17(10-8-16)21-14-15(3)4/h5-10,18,20H,1-3,11-14H2,4H3. The van der Waals surface area contributed by atoms with E-state index in [1.54, 1.807) is 0 Å². The van der Waals surface area contributed by atoms with E-state index in [1.807, 2.05) is 43.3 Å². The summed E-state index contributed by atoms with van der Waals surface area (Å²) in [5, 5.41) is 10.3. The van der Waals surface area contributed by atoms with Crippen LogP contribution in [0, 0.1) is 0 Å². The SMILES string of the molecule is C=CCN(CC=C)CC(O)c1ccc(OCC(=C)C)cc1. The zero-order valence-corrected chi connectivity index (χ0v) is 12.8. The summed E-state index contributed by atoms with van der Waals surface area (Å²) < 4.78 is 5.54. The lowest BCUT2D eigenvalue weighted by atomic mass is 10.1. The van der Waals surface area contributed by atoms with Crippen LogP contribution in [-0.4, -0.2) is 36.2 Å². The molecule has 114 valence electrons. The van der Waals surface area contributed by atoms with Crippen molar-refractivity contribution in [1.29, 1.82) is 0 Å². The summed E-state index contributed by atoms with van der Waals surface area (Å²) >= 11 is 0. The Bertz CT molecular complexity index is 455. The van der Waals surface area contributed by atoms with E-state index >= 15 is 0 Å². The number of hydrogen-bond acceptors (Lipinski definition) is 3. The van der Waals surface area contributed by atoms with Crippen molar-refractivity contribution in [1.82, 2.24) is 4.90 Å². The molecule has 1 aromatic rings. The summed E-state index contributed by atoms with van der Waals surface area (Å²) in [7, 11) is 0. The van der Waals surface area contributed by atoms with Gasteiger partial charge in [0.2, 0.25) is 0 Å². The van der Waals surface area contributed by atoms with E-state index in [9.17, 15) is 5.11 Å². The van der Waals surface area contributed by atoms with Crippen molar-refractivity contribution in [2.45, 2.75) is 13.0 Å². The van der Waals surface area contributed by atoms with E-state index < -0.39 is 6.10 Å². The molecule has 0 spiro atoms. The predicted octanol–water partition coefficient (Wildman–Crippen LogP) is 3.35. The molecule has 21 heavy (non-hydrogen) atoms. The van der Waals surface area contributed by atoms with Gasteiger partial charge in [0.1, 0.15) is 12.4 Å². The maximum Gasteiger partial charge on any atom is 0.119 e. The average Bonchev–Trinajstić information content (AvgIpc) is 2.46. The van der Waals surface area contributed by atoms with Crippen molar-refractivity contribution in [2.24, 2.45) is 0 Å². The molecule has 0 saturated heterocycles. The molecule has 0 aliphatic rings. The molecule has 0 fully saturated rings. The molecule has 0 aliphatic carbocycles. The summed E-state index contributed by atoms with van der Waals surface area (Å²) in [6, 6.07) is 7.51. The maximum atomic E-state index is 10.3. The zero-order valence-electron chi connectivity index (χ0n) is 12.8. The van der Waals surface area contributed by atoms with Crippen molar-refractivity contribution >= 4 is 0 Å². The lowest BCUT2D eigenvalue weighted by Gasteiger charge is -2.22. The topological polar surface area (TPSA) is 32.7 Å². The van der Waals surface area contributed by atoms with Crippen LogP contribution in [0.4, 0.5) is 0 Å². The van der Waals surface area contributed by atoms with Gasteiger partial charge in [0, 0.05) is 19.6 Å². The highest BCUT2D eigenvalue weighted by Gasteiger charge is 2.12. The van der Waals surface area contributed by atoms with Gasteiger partial charge in [-0.25, -0.2) is 0 Å². The van der Waals surface area contributed by atoms with Crippen LogP contribution >= 0.6 is 0 Å². The molecule has 0 aliphatic heterocycles. The van der Waals surface area contributed by atoms with Gasteiger partial charge in [-0.3, -0.25) is 4.90 Å². The van der Waals surface area contributed by atoms with Crippen molar-refractivity contribution in [3.8, 4) is 5.75 Å².